The number of carbonyl (C=O) groups is 1. The molecule has 6 nitrogen and oxygen atoms in total. The number of hydrogen-bond donors (Lipinski definition) is 0. The van der Waals surface area contributed by atoms with Crippen LogP contribution < -0.4 is 4.74 Å². The summed E-state index contributed by atoms with van der Waals surface area (Å²) in [7, 11) is 3.30. The highest BCUT2D eigenvalue weighted by molar-refractivity contribution is 5.89. The van der Waals surface area contributed by atoms with Gasteiger partial charge in [-0.3, -0.25) is 4.79 Å². The van der Waals surface area contributed by atoms with Crippen molar-refractivity contribution in [1.82, 2.24) is 9.55 Å². The van der Waals surface area contributed by atoms with Crippen LogP contribution in [-0.4, -0.2) is 35.5 Å². The summed E-state index contributed by atoms with van der Waals surface area (Å²) in [5, 5.41) is 0. The molecule has 2 aromatic carbocycles. The molecule has 42 heavy (non-hydrogen) atoms. The Bertz CT molecular complexity index is 1450. The summed E-state index contributed by atoms with van der Waals surface area (Å²) >= 11 is 0. The molecule has 2 unspecified atom stereocenters. The second kappa shape index (κ2) is 14.3. The summed E-state index contributed by atoms with van der Waals surface area (Å²) in [4.78, 5) is 22.4. The van der Waals surface area contributed by atoms with Crippen LogP contribution in [0.15, 0.2) is 83.6 Å². The largest absolute Gasteiger partial charge is 0.497 e. The number of benzene rings is 2. The number of Topliss-reactive ketones (excluding diaryl/α,β-unsaturated/α-hetero) is 1. The Hall–Kier alpha value is -4.00. The molecule has 2 aliphatic rings. The lowest BCUT2D eigenvalue weighted by molar-refractivity contribution is -0.118. The fraction of sp³-hybridized carbons (Fsp3) is 0.400. The lowest BCUT2D eigenvalue weighted by atomic mass is 9.89. The monoisotopic (exact) mass is 569 g/mol. The summed E-state index contributed by atoms with van der Waals surface area (Å²) in [5.41, 5.74) is 3.81. The van der Waals surface area contributed by atoms with Gasteiger partial charge in [-0.05, 0) is 80.0 Å². The first-order valence-corrected chi connectivity index (χ1v) is 15.0. The molecule has 0 saturated heterocycles. The smallest absolute Gasteiger partial charge is 0.212 e. The summed E-state index contributed by atoms with van der Waals surface area (Å²) in [5.74, 6) is 3.20. The Morgan fingerprint density at radius 2 is 1.83 bits per heavy atom. The number of methoxy groups -OCH3 is 2. The van der Waals surface area contributed by atoms with Gasteiger partial charge in [0.05, 0.1) is 26.3 Å². The zero-order chi connectivity index (χ0) is 29.3. The third-order valence-corrected chi connectivity index (χ3v) is 8.42. The highest BCUT2D eigenvalue weighted by atomic mass is 19.1. The number of ether oxygens (including phenoxy) is 2. The molecule has 1 fully saturated rings. The van der Waals surface area contributed by atoms with Gasteiger partial charge < -0.3 is 14.0 Å². The maximum absolute atomic E-state index is 13.7. The van der Waals surface area contributed by atoms with E-state index in [4.69, 9.17) is 14.5 Å². The number of ketones is 1. The number of nitrogens with zero attached hydrogens (tertiary/aromatic N) is 3. The third kappa shape index (κ3) is 7.84. The number of aromatic nitrogens is 2. The first-order chi connectivity index (χ1) is 20.5. The van der Waals surface area contributed by atoms with Crippen molar-refractivity contribution in [1.29, 1.82) is 0 Å². The lowest BCUT2D eigenvalue weighted by Crippen LogP contribution is -2.11. The van der Waals surface area contributed by atoms with Crippen LogP contribution in [0, 0.1) is 17.7 Å². The van der Waals surface area contributed by atoms with Crippen LogP contribution in [-0.2, 0) is 16.0 Å². The SMILES string of the molecule is COC1=NC=CCC(CC2CCCC(CCC(=O)Cc3nc(-c4cccc(OC)c4)cn3-c3ccc(F)cc3)CC2)=C1. The van der Waals surface area contributed by atoms with Crippen molar-refractivity contribution < 1.29 is 18.7 Å². The maximum atomic E-state index is 13.7. The van der Waals surface area contributed by atoms with Crippen molar-refractivity contribution in [2.45, 2.75) is 64.2 Å². The molecule has 5 rings (SSSR count). The average Bonchev–Trinajstić information content (AvgIpc) is 3.14. The van der Waals surface area contributed by atoms with Crippen LogP contribution in [0.3, 0.4) is 0 Å². The van der Waals surface area contributed by atoms with Gasteiger partial charge in [0.2, 0.25) is 5.90 Å². The van der Waals surface area contributed by atoms with Gasteiger partial charge in [0.15, 0.2) is 0 Å². The van der Waals surface area contributed by atoms with Crippen molar-refractivity contribution in [2.24, 2.45) is 16.8 Å². The van der Waals surface area contributed by atoms with E-state index >= 15 is 0 Å². The molecule has 0 bridgehead atoms. The minimum Gasteiger partial charge on any atom is -0.497 e. The van der Waals surface area contributed by atoms with E-state index in [9.17, 15) is 9.18 Å². The maximum Gasteiger partial charge on any atom is 0.212 e. The quantitative estimate of drug-likeness (QED) is 0.232. The fourth-order valence-electron chi connectivity index (χ4n) is 6.09. The van der Waals surface area contributed by atoms with E-state index in [1.807, 2.05) is 41.2 Å². The Kier molecular flexibility index (Phi) is 10.0. The van der Waals surface area contributed by atoms with Gasteiger partial charge in [-0.2, -0.15) is 0 Å². The molecular formula is C35H40FN3O3. The molecule has 1 aliphatic heterocycles. The zero-order valence-corrected chi connectivity index (χ0v) is 24.6. The highest BCUT2D eigenvalue weighted by Crippen LogP contribution is 2.34. The molecule has 220 valence electrons. The van der Waals surface area contributed by atoms with Crippen LogP contribution in [0.1, 0.15) is 63.6 Å². The predicted octanol–water partition coefficient (Wildman–Crippen LogP) is 8.05. The van der Waals surface area contributed by atoms with Gasteiger partial charge in [0, 0.05) is 30.1 Å². The Labute approximate surface area is 248 Å². The van der Waals surface area contributed by atoms with Crippen LogP contribution >= 0.6 is 0 Å². The molecule has 1 aliphatic carbocycles. The number of allylic oxidation sites excluding steroid dienone is 2. The van der Waals surface area contributed by atoms with Gasteiger partial charge in [0.25, 0.3) is 0 Å². The van der Waals surface area contributed by atoms with E-state index in [-0.39, 0.29) is 18.0 Å². The third-order valence-electron chi connectivity index (χ3n) is 8.42. The van der Waals surface area contributed by atoms with Crippen molar-refractivity contribution in [3.05, 3.63) is 90.3 Å². The second-order valence-electron chi connectivity index (χ2n) is 11.4. The molecule has 7 heteroatoms. The van der Waals surface area contributed by atoms with Gasteiger partial charge in [-0.1, -0.05) is 49.5 Å². The molecular weight excluding hydrogens is 529 g/mol. The van der Waals surface area contributed by atoms with Crippen molar-refractivity contribution in [3.8, 4) is 22.7 Å². The Morgan fingerprint density at radius 1 is 1.02 bits per heavy atom. The number of aliphatic imine (C=N–C) groups is 1. The average molecular weight is 570 g/mol. The number of halogens is 1. The van der Waals surface area contributed by atoms with E-state index in [2.05, 4.69) is 17.1 Å². The van der Waals surface area contributed by atoms with E-state index in [0.717, 1.165) is 48.4 Å². The van der Waals surface area contributed by atoms with Crippen LogP contribution in [0.2, 0.25) is 0 Å². The first kappa shape index (κ1) is 29.5. The molecule has 2 heterocycles. The summed E-state index contributed by atoms with van der Waals surface area (Å²) in [6.07, 6.45) is 17.6. The summed E-state index contributed by atoms with van der Waals surface area (Å²) in [6.45, 7) is 0. The lowest BCUT2D eigenvalue weighted by Gasteiger charge is -2.16. The van der Waals surface area contributed by atoms with Gasteiger partial charge >= 0.3 is 0 Å². The number of hydrogen-bond acceptors (Lipinski definition) is 5. The molecule has 3 aromatic rings. The van der Waals surface area contributed by atoms with Gasteiger partial charge in [-0.15, -0.1) is 0 Å². The highest BCUT2D eigenvalue weighted by Gasteiger charge is 2.22. The van der Waals surface area contributed by atoms with Crippen LogP contribution in [0.5, 0.6) is 5.75 Å². The second-order valence-corrected chi connectivity index (χ2v) is 11.4. The molecule has 0 N–H and O–H groups in total. The van der Waals surface area contributed by atoms with Crippen LogP contribution in [0.4, 0.5) is 4.39 Å². The van der Waals surface area contributed by atoms with E-state index in [1.165, 1.54) is 43.4 Å². The molecule has 1 saturated carbocycles. The fourth-order valence-corrected chi connectivity index (χ4v) is 6.09. The number of imidazole rings is 1. The zero-order valence-electron chi connectivity index (χ0n) is 24.6. The number of rotatable bonds is 10. The van der Waals surface area contributed by atoms with E-state index in [1.54, 1.807) is 26.4 Å². The molecule has 2 atom stereocenters. The Balaban J connectivity index is 1.20. The molecule has 1 aromatic heterocycles. The summed E-state index contributed by atoms with van der Waals surface area (Å²) in [6, 6.07) is 14.0. The van der Waals surface area contributed by atoms with Crippen molar-refractivity contribution in [3.63, 3.8) is 0 Å². The number of carbonyl (C=O) groups excluding carboxylic acids is 1. The van der Waals surface area contributed by atoms with Crippen LogP contribution in [0.25, 0.3) is 16.9 Å². The predicted molar refractivity (Wildman–Crippen MR) is 164 cm³/mol. The Morgan fingerprint density at radius 3 is 2.64 bits per heavy atom. The molecule has 0 amide bonds. The van der Waals surface area contributed by atoms with Crippen molar-refractivity contribution in [2.75, 3.05) is 14.2 Å². The minimum absolute atomic E-state index is 0.184. The normalized spacial score (nSPS) is 18.9. The van der Waals surface area contributed by atoms with Gasteiger partial charge in [0.1, 0.15) is 23.2 Å². The minimum atomic E-state index is -0.300. The molecule has 0 spiro atoms. The van der Waals surface area contributed by atoms with Crippen molar-refractivity contribution >= 4 is 11.7 Å². The van der Waals surface area contributed by atoms with E-state index < -0.39 is 0 Å². The van der Waals surface area contributed by atoms with Gasteiger partial charge in [-0.25, -0.2) is 14.4 Å². The topological polar surface area (TPSA) is 65.7 Å². The molecule has 0 radical (unpaired) electrons. The van der Waals surface area contributed by atoms with E-state index in [0.29, 0.717) is 30.0 Å². The standard InChI is InChI=1S/C35H40FN3O3/c1-41-32-10-4-9-28(22-32)33-24-39(30-16-14-29(36)15-17-30)34(38-33)23-31(40)18-13-25-6-3-7-26(12-11-25)20-27-8-5-19-37-35(21-27)42-2/h4-5,9-10,14-17,19,21-22,24-26H,3,6-8,11-13,18,20,23H2,1-2H3. The first-order valence-electron chi connectivity index (χ1n) is 15.0. The summed E-state index contributed by atoms with van der Waals surface area (Å²) < 4.78 is 26.3.